The average molecular weight is 282 g/mol. The number of nitrogens with zero attached hydrogens (tertiary/aromatic N) is 1. The van der Waals surface area contributed by atoms with Gasteiger partial charge in [-0.2, -0.15) is 0 Å². The number of nitrogens with one attached hydrogen (secondary N) is 1. The van der Waals surface area contributed by atoms with Gasteiger partial charge in [0.2, 0.25) is 0 Å². The highest BCUT2D eigenvalue weighted by atomic mass is 19.1. The lowest BCUT2D eigenvalue weighted by atomic mass is 10.0. The van der Waals surface area contributed by atoms with E-state index in [2.05, 4.69) is 10.2 Å². The maximum atomic E-state index is 13.3. The summed E-state index contributed by atoms with van der Waals surface area (Å²) in [5, 5.41) is 13.2. The van der Waals surface area contributed by atoms with Gasteiger partial charge in [-0.25, -0.2) is 4.39 Å². The second kappa shape index (κ2) is 7.72. The standard InChI is InChI=1S/C16H27FN2O/c1-5-18-15(13-7-6-8-14(17)11-13)9-10-19(4)12-16(2,3)20/h6-8,11,15,18,20H,5,9-10,12H2,1-4H3. The van der Waals surface area contributed by atoms with Gasteiger partial charge in [0, 0.05) is 12.6 Å². The summed E-state index contributed by atoms with van der Waals surface area (Å²) in [5.41, 5.74) is 0.282. The van der Waals surface area contributed by atoms with Crippen molar-refractivity contribution < 1.29 is 9.50 Å². The highest BCUT2D eigenvalue weighted by Gasteiger charge is 2.17. The van der Waals surface area contributed by atoms with Crippen LogP contribution in [0.1, 0.15) is 38.8 Å². The molecular weight excluding hydrogens is 255 g/mol. The third-order valence-corrected chi connectivity index (χ3v) is 3.16. The van der Waals surface area contributed by atoms with Gasteiger partial charge in [-0.15, -0.1) is 0 Å². The molecule has 2 N–H and O–H groups in total. The Balaban J connectivity index is 2.60. The van der Waals surface area contributed by atoms with Crippen LogP contribution in [0.4, 0.5) is 4.39 Å². The minimum atomic E-state index is -0.693. The van der Waals surface area contributed by atoms with Gasteiger partial charge in [-0.05, 0) is 58.1 Å². The van der Waals surface area contributed by atoms with Gasteiger partial charge in [0.05, 0.1) is 5.60 Å². The molecule has 1 atom stereocenters. The molecule has 0 fully saturated rings. The van der Waals surface area contributed by atoms with E-state index in [-0.39, 0.29) is 11.9 Å². The molecule has 0 aliphatic rings. The van der Waals surface area contributed by atoms with Crippen LogP contribution in [0.5, 0.6) is 0 Å². The van der Waals surface area contributed by atoms with Crippen LogP contribution in [0.15, 0.2) is 24.3 Å². The Kier molecular flexibility index (Phi) is 6.59. The summed E-state index contributed by atoms with van der Waals surface area (Å²) in [6.07, 6.45) is 0.879. The summed E-state index contributed by atoms with van der Waals surface area (Å²) in [4.78, 5) is 2.10. The molecule has 0 spiro atoms. The Hall–Kier alpha value is -0.970. The average Bonchev–Trinajstić information content (AvgIpc) is 2.32. The van der Waals surface area contributed by atoms with E-state index in [0.717, 1.165) is 25.1 Å². The Bertz CT molecular complexity index is 404. The van der Waals surface area contributed by atoms with E-state index >= 15 is 0 Å². The highest BCUT2D eigenvalue weighted by molar-refractivity contribution is 5.20. The lowest BCUT2D eigenvalue weighted by Crippen LogP contribution is -2.37. The maximum Gasteiger partial charge on any atom is 0.123 e. The molecule has 0 aliphatic carbocycles. The zero-order valence-corrected chi connectivity index (χ0v) is 13.0. The first kappa shape index (κ1) is 17.1. The largest absolute Gasteiger partial charge is 0.389 e. The lowest BCUT2D eigenvalue weighted by molar-refractivity contribution is 0.0436. The molecule has 4 heteroatoms. The number of hydrogen-bond acceptors (Lipinski definition) is 3. The minimum absolute atomic E-state index is 0.139. The second-order valence-electron chi connectivity index (χ2n) is 6.00. The predicted molar refractivity (Wildman–Crippen MR) is 81.2 cm³/mol. The van der Waals surface area contributed by atoms with E-state index in [9.17, 15) is 9.50 Å². The molecule has 0 aromatic heterocycles. The van der Waals surface area contributed by atoms with E-state index in [1.165, 1.54) is 6.07 Å². The van der Waals surface area contributed by atoms with Gasteiger partial charge in [0.15, 0.2) is 0 Å². The fourth-order valence-corrected chi connectivity index (χ4v) is 2.45. The van der Waals surface area contributed by atoms with E-state index in [1.807, 2.05) is 20.0 Å². The molecule has 0 bridgehead atoms. The summed E-state index contributed by atoms with van der Waals surface area (Å²) >= 11 is 0. The van der Waals surface area contributed by atoms with Gasteiger partial charge in [-0.1, -0.05) is 19.1 Å². The van der Waals surface area contributed by atoms with Crippen LogP contribution in [0.3, 0.4) is 0 Å². The zero-order chi connectivity index (χ0) is 15.2. The summed E-state index contributed by atoms with van der Waals surface area (Å²) in [6, 6.07) is 6.89. The minimum Gasteiger partial charge on any atom is -0.389 e. The van der Waals surface area contributed by atoms with Gasteiger partial charge in [0.1, 0.15) is 5.82 Å². The van der Waals surface area contributed by atoms with Gasteiger partial charge >= 0.3 is 0 Å². The molecule has 1 aromatic rings. The maximum absolute atomic E-state index is 13.3. The molecule has 0 heterocycles. The Morgan fingerprint density at radius 3 is 2.65 bits per heavy atom. The van der Waals surface area contributed by atoms with E-state index in [4.69, 9.17) is 0 Å². The molecule has 3 nitrogen and oxygen atoms in total. The molecule has 0 amide bonds. The van der Waals surface area contributed by atoms with Gasteiger partial charge in [-0.3, -0.25) is 0 Å². The SMILES string of the molecule is CCNC(CCN(C)CC(C)(C)O)c1cccc(F)c1. The Labute approximate surface area is 121 Å². The molecule has 0 radical (unpaired) electrons. The summed E-state index contributed by atoms with van der Waals surface area (Å²) in [7, 11) is 1.99. The molecule has 0 saturated heterocycles. The molecule has 0 aliphatic heterocycles. The summed E-state index contributed by atoms with van der Waals surface area (Å²) < 4.78 is 13.3. The number of halogens is 1. The molecule has 114 valence electrons. The quantitative estimate of drug-likeness (QED) is 0.769. The van der Waals surface area contributed by atoms with Crippen LogP contribution in [0.2, 0.25) is 0 Å². The summed E-state index contributed by atoms with van der Waals surface area (Å²) in [5.74, 6) is -0.199. The number of aliphatic hydroxyl groups is 1. The number of rotatable bonds is 8. The highest BCUT2D eigenvalue weighted by Crippen LogP contribution is 2.18. The predicted octanol–water partition coefficient (Wildman–Crippen LogP) is 2.57. The van der Waals surface area contributed by atoms with Gasteiger partial charge in [0.25, 0.3) is 0 Å². The van der Waals surface area contributed by atoms with Crippen molar-refractivity contribution in [2.75, 3.05) is 26.7 Å². The van der Waals surface area contributed by atoms with Crippen molar-refractivity contribution in [1.29, 1.82) is 0 Å². The van der Waals surface area contributed by atoms with Crippen molar-refractivity contribution in [3.8, 4) is 0 Å². The number of benzene rings is 1. The fourth-order valence-electron chi connectivity index (χ4n) is 2.45. The lowest BCUT2D eigenvalue weighted by Gasteiger charge is -2.27. The monoisotopic (exact) mass is 282 g/mol. The smallest absolute Gasteiger partial charge is 0.123 e. The first-order chi connectivity index (χ1) is 9.31. The topological polar surface area (TPSA) is 35.5 Å². The van der Waals surface area contributed by atoms with E-state index in [0.29, 0.717) is 6.54 Å². The van der Waals surface area contributed by atoms with Crippen LogP contribution in [0, 0.1) is 5.82 Å². The molecular formula is C16H27FN2O. The van der Waals surface area contributed by atoms with Crippen molar-refractivity contribution >= 4 is 0 Å². The van der Waals surface area contributed by atoms with Crippen molar-refractivity contribution in [3.05, 3.63) is 35.6 Å². The van der Waals surface area contributed by atoms with Crippen LogP contribution in [-0.4, -0.2) is 42.3 Å². The van der Waals surface area contributed by atoms with Crippen molar-refractivity contribution in [3.63, 3.8) is 0 Å². The van der Waals surface area contributed by atoms with Crippen LogP contribution >= 0.6 is 0 Å². The third kappa shape index (κ3) is 6.46. The molecule has 1 rings (SSSR count). The van der Waals surface area contributed by atoms with Crippen molar-refractivity contribution in [2.45, 2.75) is 38.8 Å². The zero-order valence-electron chi connectivity index (χ0n) is 13.0. The first-order valence-electron chi connectivity index (χ1n) is 7.21. The Morgan fingerprint density at radius 2 is 2.10 bits per heavy atom. The second-order valence-corrected chi connectivity index (χ2v) is 6.00. The van der Waals surface area contributed by atoms with Crippen LogP contribution in [-0.2, 0) is 0 Å². The summed E-state index contributed by atoms with van der Waals surface area (Å²) in [6.45, 7) is 7.96. The Morgan fingerprint density at radius 1 is 1.40 bits per heavy atom. The van der Waals surface area contributed by atoms with E-state index < -0.39 is 5.60 Å². The normalized spacial score (nSPS) is 13.8. The van der Waals surface area contributed by atoms with Crippen LogP contribution < -0.4 is 5.32 Å². The molecule has 20 heavy (non-hydrogen) atoms. The first-order valence-corrected chi connectivity index (χ1v) is 7.21. The number of hydrogen-bond donors (Lipinski definition) is 2. The van der Waals surface area contributed by atoms with Crippen LogP contribution in [0.25, 0.3) is 0 Å². The van der Waals surface area contributed by atoms with Crippen molar-refractivity contribution in [2.24, 2.45) is 0 Å². The molecule has 0 saturated carbocycles. The van der Waals surface area contributed by atoms with E-state index in [1.54, 1.807) is 26.0 Å². The third-order valence-electron chi connectivity index (χ3n) is 3.16. The van der Waals surface area contributed by atoms with Crippen molar-refractivity contribution in [1.82, 2.24) is 10.2 Å². The molecule has 1 aromatic carbocycles. The van der Waals surface area contributed by atoms with Gasteiger partial charge < -0.3 is 15.3 Å². The molecule has 1 unspecified atom stereocenters. The number of likely N-dealkylation sites (N-methyl/N-ethyl adjacent to an activating group) is 1. The fraction of sp³-hybridized carbons (Fsp3) is 0.625.